The fraction of sp³-hybridized carbons (Fsp3) is 0.429. The van der Waals surface area contributed by atoms with Crippen LogP contribution >= 0.6 is 0 Å². The minimum atomic E-state index is -0.869. The molecule has 28 heavy (non-hydrogen) atoms. The van der Waals surface area contributed by atoms with Crippen LogP contribution in [0.15, 0.2) is 24.3 Å². The van der Waals surface area contributed by atoms with E-state index in [0.717, 1.165) is 24.4 Å². The molecule has 0 fully saturated rings. The molecule has 1 heterocycles. The predicted molar refractivity (Wildman–Crippen MR) is 106 cm³/mol. The summed E-state index contributed by atoms with van der Waals surface area (Å²) in [6.45, 7) is 10.0. The summed E-state index contributed by atoms with van der Waals surface area (Å²) in [6, 6.07) is 6.13. The number of nitro benzene ring substituents is 1. The molecule has 2 aromatic rings. The molecule has 0 unspecified atom stereocenters. The minimum absolute atomic E-state index is 0.122. The van der Waals surface area contributed by atoms with E-state index in [4.69, 9.17) is 4.74 Å². The van der Waals surface area contributed by atoms with E-state index >= 15 is 0 Å². The van der Waals surface area contributed by atoms with Gasteiger partial charge in [0.05, 0.1) is 4.92 Å². The second kappa shape index (κ2) is 8.82. The third kappa shape index (κ3) is 4.65. The smallest absolute Gasteiger partial charge is 0.345 e. The topological polar surface area (TPSA) is 91.4 Å². The van der Waals surface area contributed by atoms with Crippen LogP contribution in [0.3, 0.4) is 0 Å². The lowest BCUT2D eigenvalue weighted by Crippen LogP contribution is -2.17. The quantitative estimate of drug-likeness (QED) is 0.290. The zero-order valence-electron chi connectivity index (χ0n) is 16.9. The average Bonchev–Trinajstić information content (AvgIpc) is 2.91. The molecule has 7 nitrogen and oxygen atoms in total. The number of ketones is 1. The highest BCUT2D eigenvalue weighted by Gasteiger charge is 2.25. The lowest BCUT2D eigenvalue weighted by Gasteiger charge is -2.11. The molecule has 0 amide bonds. The summed E-state index contributed by atoms with van der Waals surface area (Å²) in [4.78, 5) is 35.5. The van der Waals surface area contributed by atoms with Crippen molar-refractivity contribution < 1.29 is 19.2 Å². The molecule has 0 spiro atoms. The molecule has 1 aromatic carbocycles. The highest BCUT2D eigenvalue weighted by Crippen LogP contribution is 2.23. The van der Waals surface area contributed by atoms with Gasteiger partial charge in [-0.05, 0) is 44.7 Å². The first-order chi connectivity index (χ1) is 13.1. The van der Waals surface area contributed by atoms with Crippen LogP contribution in [0.25, 0.3) is 0 Å². The maximum absolute atomic E-state index is 12.6. The number of carbonyl (C=O) groups is 2. The molecular formula is C21H26N2O5. The van der Waals surface area contributed by atoms with Crippen molar-refractivity contribution in [3.8, 4) is 0 Å². The van der Waals surface area contributed by atoms with Crippen molar-refractivity contribution in [2.24, 2.45) is 5.92 Å². The molecule has 7 heteroatoms. The molecule has 0 aliphatic rings. The molecule has 0 N–H and O–H groups in total. The Hall–Kier alpha value is -2.96. The van der Waals surface area contributed by atoms with Gasteiger partial charge >= 0.3 is 5.97 Å². The number of Topliss-reactive ketones (excluding diaryl/α,β-unsaturated/α-hetero) is 1. The Kier molecular flexibility index (Phi) is 6.72. The first-order valence-corrected chi connectivity index (χ1v) is 9.24. The van der Waals surface area contributed by atoms with Gasteiger partial charge in [0.2, 0.25) is 5.78 Å². The number of ether oxygens (including phenoxy) is 1. The van der Waals surface area contributed by atoms with Gasteiger partial charge in [0.25, 0.3) is 5.69 Å². The van der Waals surface area contributed by atoms with E-state index in [0.29, 0.717) is 17.0 Å². The molecule has 0 aliphatic heterocycles. The second-order valence-electron chi connectivity index (χ2n) is 7.34. The van der Waals surface area contributed by atoms with Crippen molar-refractivity contribution in [1.82, 2.24) is 4.57 Å². The van der Waals surface area contributed by atoms with Gasteiger partial charge in [-0.2, -0.15) is 0 Å². The molecule has 0 radical (unpaired) electrons. The normalized spacial score (nSPS) is 10.9. The first kappa shape index (κ1) is 21.3. The van der Waals surface area contributed by atoms with Crippen molar-refractivity contribution in [3.05, 3.63) is 62.5 Å². The standard InChI is InChI=1S/C21H26N2O5/c1-13(2)9-10-22-15(4)11-17(16(22)5)19(24)12-28-21(25)20-14(3)7-6-8-18(20)23(26)27/h6-8,11,13H,9-10,12H2,1-5H3. The van der Waals surface area contributed by atoms with E-state index in [-0.39, 0.29) is 17.0 Å². The van der Waals surface area contributed by atoms with Gasteiger partial charge in [-0.3, -0.25) is 14.9 Å². The number of carbonyl (C=O) groups excluding carboxylic acids is 2. The van der Waals surface area contributed by atoms with Crippen molar-refractivity contribution >= 4 is 17.4 Å². The Morgan fingerprint density at radius 3 is 2.50 bits per heavy atom. The highest BCUT2D eigenvalue weighted by molar-refractivity contribution is 6.01. The number of hydrogen-bond donors (Lipinski definition) is 0. The number of esters is 1. The summed E-state index contributed by atoms with van der Waals surface area (Å²) in [5.41, 5.74) is 2.29. The summed E-state index contributed by atoms with van der Waals surface area (Å²) in [5, 5.41) is 11.2. The number of benzene rings is 1. The van der Waals surface area contributed by atoms with Crippen LogP contribution in [0.1, 0.15) is 57.9 Å². The van der Waals surface area contributed by atoms with E-state index < -0.39 is 17.5 Å². The summed E-state index contributed by atoms with van der Waals surface area (Å²) < 4.78 is 7.20. The van der Waals surface area contributed by atoms with Gasteiger partial charge in [-0.25, -0.2) is 4.79 Å². The lowest BCUT2D eigenvalue weighted by atomic mass is 10.1. The fourth-order valence-electron chi connectivity index (χ4n) is 3.17. The van der Waals surface area contributed by atoms with Crippen molar-refractivity contribution in [2.45, 2.75) is 47.6 Å². The summed E-state index contributed by atoms with van der Waals surface area (Å²) in [6.07, 6.45) is 0.996. The summed E-state index contributed by atoms with van der Waals surface area (Å²) in [5.74, 6) is -0.647. The van der Waals surface area contributed by atoms with Crippen LogP contribution in [0.2, 0.25) is 0 Å². The largest absolute Gasteiger partial charge is 0.453 e. The molecule has 1 aromatic heterocycles. The zero-order valence-corrected chi connectivity index (χ0v) is 16.9. The Morgan fingerprint density at radius 1 is 1.21 bits per heavy atom. The monoisotopic (exact) mass is 386 g/mol. The predicted octanol–water partition coefficient (Wildman–Crippen LogP) is 4.41. The number of aryl methyl sites for hydroxylation is 2. The minimum Gasteiger partial charge on any atom is -0.453 e. The Bertz CT molecular complexity index is 912. The molecule has 0 bridgehead atoms. The van der Waals surface area contributed by atoms with Crippen LogP contribution < -0.4 is 0 Å². The maximum atomic E-state index is 12.6. The number of nitrogens with zero attached hydrogens (tertiary/aromatic N) is 2. The summed E-state index contributed by atoms with van der Waals surface area (Å²) in [7, 11) is 0. The van der Waals surface area contributed by atoms with Crippen molar-refractivity contribution in [3.63, 3.8) is 0 Å². The number of rotatable bonds is 8. The van der Waals surface area contributed by atoms with E-state index in [1.807, 2.05) is 13.8 Å². The van der Waals surface area contributed by atoms with Gasteiger partial charge in [0, 0.05) is 29.6 Å². The van der Waals surface area contributed by atoms with Crippen molar-refractivity contribution in [1.29, 1.82) is 0 Å². The zero-order chi connectivity index (χ0) is 21.0. The Balaban J connectivity index is 2.14. The Labute approximate surface area is 164 Å². The van der Waals surface area contributed by atoms with Gasteiger partial charge in [-0.1, -0.05) is 26.0 Å². The van der Waals surface area contributed by atoms with Crippen LogP contribution in [0.5, 0.6) is 0 Å². The number of nitro groups is 1. The van der Waals surface area contributed by atoms with Crippen LogP contribution in [0, 0.1) is 36.8 Å². The van der Waals surface area contributed by atoms with Crippen LogP contribution in [-0.2, 0) is 11.3 Å². The first-order valence-electron chi connectivity index (χ1n) is 9.24. The molecule has 150 valence electrons. The lowest BCUT2D eigenvalue weighted by molar-refractivity contribution is -0.385. The maximum Gasteiger partial charge on any atom is 0.345 e. The third-order valence-electron chi connectivity index (χ3n) is 4.79. The number of aromatic nitrogens is 1. The van der Waals surface area contributed by atoms with Crippen LogP contribution in [0.4, 0.5) is 5.69 Å². The van der Waals surface area contributed by atoms with Gasteiger partial charge in [-0.15, -0.1) is 0 Å². The molecule has 0 aliphatic carbocycles. The van der Waals surface area contributed by atoms with Gasteiger partial charge in [0.15, 0.2) is 6.61 Å². The Morgan fingerprint density at radius 2 is 1.89 bits per heavy atom. The number of hydrogen-bond acceptors (Lipinski definition) is 5. The fourth-order valence-corrected chi connectivity index (χ4v) is 3.17. The van der Waals surface area contributed by atoms with Gasteiger partial charge < -0.3 is 9.30 Å². The molecule has 0 atom stereocenters. The second-order valence-corrected chi connectivity index (χ2v) is 7.34. The highest BCUT2D eigenvalue weighted by atomic mass is 16.6. The average molecular weight is 386 g/mol. The molecule has 0 saturated heterocycles. The molecule has 2 rings (SSSR count). The third-order valence-corrected chi connectivity index (χ3v) is 4.79. The van der Waals surface area contributed by atoms with E-state index in [9.17, 15) is 19.7 Å². The summed E-state index contributed by atoms with van der Waals surface area (Å²) >= 11 is 0. The SMILES string of the molecule is Cc1cccc([N+](=O)[O-])c1C(=O)OCC(=O)c1cc(C)n(CCC(C)C)c1C. The van der Waals surface area contributed by atoms with Crippen LogP contribution in [-0.4, -0.2) is 27.8 Å². The van der Waals surface area contributed by atoms with E-state index in [2.05, 4.69) is 18.4 Å². The van der Waals surface area contributed by atoms with E-state index in [1.165, 1.54) is 12.1 Å². The van der Waals surface area contributed by atoms with E-state index in [1.54, 1.807) is 19.1 Å². The van der Waals surface area contributed by atoms with Crippen molar-refractivity contribution in [2.75, 3.05) is 6.61 Å². The molecular weight excluding hydrogens is 360 g/mol. The molecule has 0 saturated carbocycles. The van der Waals surface area contributed by atoms with Gasteiger partial charge in [0.1, 0.15) is 5.56 Å².